The number of carbonyl (C=O) groups is 2. The van der Waals surface area contributed by atoms with Gasteiger partial charge in [0.15, 0.2) is 0 Å². The van der Waals surface area contributed by atoms with E-state index in [2.05, 4.69) is 28.3 Å². The Bertz CT molecular complexity index is 709. The molecule has 3 rings (SSSR count). The third-order valence-corrected chi connectivity index (χ3v) is 4.68. The van der Waals surface area contributed by atoms with Gasteiger partial charge in [0.1, 0.15) is 0 Å². The van der Waals surface area contributed by atoms with Crippen LogP contribution in [-0.4, -0.2) is 19.0 Å². The van der Waals surface area contributed by atoms with Crippen molar-refractivity contribution in [3.05, 3.63) is 46.3 Å². The fraction of sp³-hybridized carbons (Fsp3) is 0.200. The second kappa shape index (κ2) is 5.57. The number of nitrogens with one attached hydrogen (secondary N) is 3. The van der Waals surface area contributed by atoms with Crippen molar-refractivity contribution in [3.8, 4) is 10.4 Å². The Morgan fingerprint density at radius 2 is 1.86 bits per heavy atom. The van der Waals surface area contributed by atoms with Gasteiger partial charge >= 0.3 is 6.03 Å². The Morgan fingerprint density at radius 1 is 1.10 bits per heavy atom. The first-order valence-corrected chi connectivity index (χ1v) is 7.49. The van der Waals surface area contributed by atoms with Crippen molar-refractivity contribution in [2.45, 2.75) is 12.8 Å². The maximum Gasteiger partial charge on any atom is 0.333 e. The zero-order chi connectivity index (χ0) is 14.8. The van der Waals surface area contributed by atoms with Gasteiger partial charge in [-0.3, -0.25) is 10.2 Å². The second-order valence-electron chi connectivity index (χ2n) is 4.78. The van der Waals surface area contributed by atoms with Crippen LogP contribution < -0.4 is 16.2 Å². The number of hydrogen-bond donors (Lipinski definition) is 3. The van der Waals surface area contributed by atoms with E-state index in [0.717, 1.165) is 17.7 Å². The van der Waals surface area contributed by atoms with Gasteiger partial charge in [0.05, 0.1) is 4.88 Å². The van der Waals surface area contributed by atoms with Crippen LogP contribution in [0, 0.1) is 0 Å². The van der Waals surface area contributed by atoms with Crippen LogP contribution in [0.3, 0.4) is 0 Å². The zero-order valence-electron chi connectivity index (χ0n) is 11.5. The predicted octanol–water partition coefficient (Wildman–Crippen LogP) is 2.09. The number of amides is 3. The van der Waals surface area contributed by atoms with Crippen LogP contribution in [0.1, 0.15) is 20.8 Å². The number of hydrazine groups is 1. The largest absolute Gasteiger partial charge is 0.340 e. The smallest absolute Gasteiger partial charge is 0.333 e. The Hall–Kier alpha value is -2.34. The molecular weight excluding hydrogens is 286 g/mol. The summed E-state index contributed by atoms with van der Waals surface area (Å²) >= 11 is 1.46. The van der Waals surface area contributed by atoms with Crippen molar-refractivity contribution in [2.24, 2.45) is 0 Å². The topological polar surface area (TPSA) is 70.2 Å². The Morgan fingerprint density at radius 3 is 2.67 bits per heavy atom. The van der Waals surface area contributed by atoms with Crippen molar-refractivity contribution < 1.29 is 9.59 Å². The molecule has 0 aliphatic heterocycles. The summed E-state index contributed by atoms with van der Waals surface area (Å²) in [5, 5.41) is 2.37. The van der Waals surface area contributed by atoms with Gasteiger partial charge in [-0.1, -0.05) is 24.3 Å². The van der Waals surface area contributed by atoms with E-state index in [-0.39, 0.29) is 5.91 Å². The monoisotopic (exact) mass is 301 g/mol. The predicted molar refractivity (Wildman–Crippen MR) is 82.2 cm³/mol. The minimum atomic E-state index is -0.449. The van der Waals surface area contributed by atoms with Crippen LogP contribution >= 0.6 is 11.3 Å². The lowest BCUT2D eigenvalue weighted by molar-refractivity contribution is 0.0940. The first-order valence-electron chi connectivity index (χ1n) is 6.68. The summed E-state index contributed by atoms with van der Waals surface area (Å²) < 4.78 is 0. The van der Waals surface area contributed by atoms with Gasteiger partial charge in [-0.25, -0.2) is 10.2 Å². The molecule has 1 aliphatic rings. The Labute approximate surface area is 126 Å². The number of thiophene rings is 1. The molecule has 1 heterocycles. The molecule has 0 atom stereocenters. The standard InChI is InChI=1S/C15H15N3O2S/c1-16-15(20)18-17-14(19)12-8-10-7-6-9-4-2-3-5-11(9)13(10)21-12/h2-5,8H,6-7H2,1H3,(H,17,19)(H2,16,18,20). The molecule has 0 unspecified atom stereocenters. The number of carbonyl (C=O) groups excluding carboxylic acids is 2. The van der Waals surface area contributed by atoms with Crippen molar-refractivity contribution in [1.29, 1.82) is 0 Å². The van der Waals surface area contributed by atoms with E-state index < -0.39 is 6.03 Å². The van der Waals surface area contributed by atoms with Crippen LogP contribution in [0.4, 0.5) is 4.79 Å². The second-order valence-corrected chi connectivity index (χ2v) is 5.83. The first-order chi connectivity index (χ1) is 10.2. The van der Waals surface area contributed by atoms with Crippen LogP contribution in [0.5, 0.6) is 0 Å². The molecule has 108 valence electrons. The SMILES string of the molecule is CNC(=O)NNC(=O)c1cc2c(s1)-c1ccccc1CC2. The molecule has 5 nitrogen and oxygen atoms in total. The summed E-state index contributed by atoms with van der Waals surface area (Å²) in [6.45, 7) is 0. The molecule has 0 fully saturated rings. The number of rotatable bonds is 1. The van der Waals surface area contributed by atoms with Crippen molar-refractivity contribution in [1.82, 2.24) is 16.2 Å². The number of hydrogen-bond acceptors (Lipinski definition) is 3. The molecule has 1 aliphatic carbocycles. The van der Waals surface area contributed by atoms with Gasteiger partial charge in [0.25, 0.3) is 5.91 Å². The van der Waals surface area contributed by atoms with E-state index in [1.165, 1.54) is 35.1 Å². The normalized spacial score (nSPS) is 12.0. The van der Waals surface area contributed by atoms with Crippen LogP contribution in [-0.2, 0) is 12.8 Å². The molecule has 0 spiro atoms. The van der Waals surface area contributed by atoms with E-state index in [0.29, 0.717) is 4.88 Å². The molecule has 6 heteroatoms. The fourth-order valence-electron chi connectivity index (χ4n) is 2.42. The van der Waals surface area contributed by atoms with E-state index in [4.69, 9.17) is 0 Å². The molecule has 0 saturated heterocycles. The van der Waals surface area contributed by atoms with Crippen molar-refractivity contribution in [3.63, 3.8) is 0 Å². The number of urea groups is 1. The lowest BCUT2D eigenvalue weighted by Gasteiger charge is -2.15. The average molecular weight is 301 g/mol. The third kappa shape index (κ3) is 2.62. The lowest BCUT2D eigenvalue weighted by Crippen LogP contribution is -2.45. The highest BCUT2D eigenvalue weighted by atomic mass is 32.1. The Kier molecular flexibility index (Phi) is 3.62. The summed E-state index contributed by atoms with van der Waals surface area (Å²) in [6, 6.07) is 9.74. The minimum Gasteiger partial charge on any atom is -0.340 e. The van der Waals surface area contributed by atoms with Gasteiger partial charge in [0.2, 0.25) is 0 Å². The van der Waals surface area contributed by atoms with Gasteiger partial charge in [-0.15, -0.1) is 11.3 Å². The highest BCUT2D eigenvalue weighted by Gasteiger charge is 2.21. The summed E-state index contributed by atoms with van der Waals surface area (Å²) in [6.07, 6.45) is 1.94. The molecule has 3 amide bonds. The van der Waals surface area contributed by atoms with E-state index in [9.17, 15) is 9.59 Å². The van der Waals surface area contributed by atoms with E-state index >= 15 is 0 Å². The summed E-state index contributed by atoms with van der Waals surface area (Å²) in [5.74, 6) is -0.296. The van der Waals surface area contributed by atoms with E-state index in [1.807, 2.05) is 18.2 Å². The van der Waals surface area contributed by atoms with Crippen LogP contribution in [0.15, 0.2) is 30.3 Å². The lowest BCUT2D eigenvalue weighted by atomic mass is 9.91. The summed E-state index contributed by atoms with van der Waals surface area (Å²) in [7, 11) is 1.49. The van der Waals surface area contributed by atoms with Gasteiger partial charge in [0, 0.05) is 11.9 Å². The van der Waals surface area contributed by atoms with Crippen LogP contribution in [0.2, 0.25) is 0 Å². The first kappa shape index (κ1) is 13.6. The number of aryl methyl sites for hydroxylation is 2. The molecule has 0 radical (unpaired) electrons. The molecule has 2 aromatic rings. The molecule has 21 heavy (non-hydrogen) atoms. The highest BCUT2D eigenvalue weighted by Crippen LogP contribution is 2.39. The molecule has 1 aromatic carbocycles. The quantitative estimate of drug-likeness (QED) is 0.706. The number of fused-ring (bicyclic) bond motifs is 3. The van der Waals surface area contributed by atoms with Gasteiger partial charge in [-0.05, 0) is 35.6 Å². The summed E-state index contributed by atoms with van der Waals surface area (Å²) in [5.41, 5.74) is 8.41. The molecule has 3 N–H and O–H groups in total. The fourth-order valence-corrected chi connectivity index (χ4v) is 3.59. The molecule has 1 aromatic heterocycles. The highest BCUT2D eigenvalue weighted by molar-refractivity contribution is 7.17. The van der Waals surface area contributed by atoms with E-state index in [1.54, 1.807) is 0 Å². The van der Waals surface area contributed by atoms with Crippen molar-refractivity contribution >= 4 is 23.3 Å². The Balaban J connectivity index is 1.84. The molecule has 0 bridgehead atoms. The maximum absolute atomic E-state index is 12.1. The van der Waals surface area contributed by atoms with Crippen molar-refractivity contribution in [2.75, 3.05) is 7.05 Å². The number of benzene rings is 1. The molecular formula is C15H15N3O2S. The maximum atomic E-state index is 12.1. The van der Waals surface area contributed by atoms with Gasteiger partial charge < -0.3 is 5.32 Å². The molecule has 0 saturated carbocycles. The van der Waals surface area contributed by atoms with Gasteiger partial charge in [-0.2, -0.15) is 0 Å². The average Bonchev–Trinajstić information content (AvgIpc) is 2.96. The summed E-state index contributed by atoms with van der Waals surface area (Å²) in [4.78, 5) is 24.9. The third-order valence-electron chi connectivity index (χ3n) is 3.48. The van der Waals surface area contributed by atoms with Crippen LogP contribution in [0.25, 0.3) is 10.4 Å². The zero-order valence-corrected chi connectivity index (χ0v) is 12.3. The minimum absolute atomic E-state index is 0.296.